The molecule has 0 saturated heterocycles. The van der Waals surface area contributed by atoms with Crippen LogP contribution in [-0.4, -0.2) is 33.9 Å². The van der Waals surface area contributed by atoms with Gasteiger partial charge in [0.1, 0.15) is 11.6 Å². The van der Waals surface area contributed by atoms with E-state index in [2.05, 4.69) is 15.5 Å². The van der Waals surface area contributed by atoms with E-state index in [1.807, 2.05) is 30.3 Å². The molecule has 110 valence electrons. The lowest BCUT2D eigenvalue weighted by Crippen LogP contribution is -2.26. The highest BCUT2D eigenvalue weighted by atomic mass is 32.1. The number of carbonyl (C=O) groups excluding carboxylic acids is 1. The first-order valence-corrected chi connectivity index (χ1v) is 6.97. The van der Waals surface area contributed by atoms with Gasteiger partial charge >= 0.3 is 12.1 Å². The normalized spacial score (nSPS) is 10.1. The summed E-state index contributed by atoms with van der Waals surface area (Å²) in [5.74, 6) is -1.10. The predicted molar refractivity (Wildman–Crippen MR) is 75.2 cm³/mol. The zero-order valence-electron chi connectivity index (χ0n) is 11.0. The maximum Gasteiger partial charge on any atom is 0.407 e. The Morgan fingerprint density at radius 1 is 1.24 bits per heavy atom. The van der Waals surface area contributed by atoms with Crippen LogP contribution in [0.2, 0.25) is 0 Å². The van der Waals surface area contributed by atoms with Gasteiger partial charge in [0.25, 0.3) is 0 Å². The van der Waals surface area contributed by atoms with Crippen LogP contribution in [0.15, 0.2) is 30.3 Å². The fourth-order valence-corrected chi connectivity index (χ4v) is 2.16. The van der Waals surface area contributed by atoms with Crippen LogP contribution in [0.5, 0.6) is 0 Å². The van der Waals surface area contributed by atoms with Crippen molar-refractivity contribution in [2.45, 2.75) is 13.0 Å². The Balaban J connectivity index is 1.68. The van der Waals surface area contributed by atoms with Gasteiger partial charge in [0, 0.05) is 13.0 Å². The Bertz CT molecular complexity index is 615. The molecule has 0 unspecified atom stereocenters. The summed E-state index contributed by atoms with van der Waals surface area (Å²) in [6.45, 7) is 0.510. The summed E-state index contributed by atoms with van der Waals surface area (Å²) >= 11 is 0.989. The average molecular weight is 307 g/mol. The molecule has 7 nitrogen and oxygen atoms in total. The number of benzene rings is 1. The average Bonchev–Trinajstić information content (AvgIpc) is 2.95. The molecule has 0 bridgehead atoms. The van der Waals surface area contributed by atoms with Crippen LogP contribution in [0.3, 0.4) is 0 Å². The lowest BCUT2D eigenvalue weighted by atomic mass is 10.2. The van der Waals surface area contributed by atoms with Crippen LogP contribution in [0.4, 0.5) is 4.79 Å². The Labute approximate surface area is 124 Å². The van der Waals surface area contributed by atoms with E-state index in [0.29, 0.717) is 18.0 Å². The summed E-state index contributed by atoms with van der Waals surface area (Å²) in [6, 6.07) is 9.35. The zero-order chi connectivity index (χ0) is 15.1. The molecule has 0 atom stereocenters. The van der Waals surface area contributed by atoms with Gasteiger partial charge in [-0.05, 0) is 5.56 Å². The molecule has 0 aliphatic rings. The predicted octanol–water partition coefficient (Wildman–Crippen LogP) is 1.71. The van der Waals surface area contributed by atoms with Crippen molar-refractivity contribution in [3.05, 3.63) is 45.9 Å². The number of amides is 1. The number of hydrogen-bond acceptors (Lipinski definition) is 6. The van der Waals surface area contributed by atoms with Crippen LogP contribution in [0.25, 0.3) is 0 Å². The van der Waals surface area contributed by atoms with E-state index < -0.39 is 12.1 Å². The molecule has 1 amide bonds. The molecule has 2 aromatic rings. The molecule has 0 spiro atoms. The van der Waals surface area contributed by atoms with Crippen molar-refractivity contribution in [1.29, 1.82) is 0 Å². The smallest absolute Gasteiger partial charge is 0.407 e. The molecule has 8 heteroatoms. The standard InChI is InChI=1S/C13H13N3O4S/c17-12(18)11-16-15-10(21-11)6-7-14-13(19)20-8-9-4-2-1-3-5-9/h1-5H,6-8H2,(H,14,19)(H,17,18). The number of alkyl carbamates (subject to hydrolysis) is 1. The third-order valence-corrected chi connectivity index (χ3v) is 3.44. The number of nitrogens with zero attached hydrogens (tertiary/aromatic N) is 2. The highest BCUT2D eigenvalue weighted by Crippen LogP contribution is 2.09. The topological polar surface area (TPSA) is 101 Å². The molecule has 2 rings (SSSR count). The number of carboxylic acid groups (broad SMARTS) is 1. The molecular formula is C13H13N3O4S. The number of aromatic nitrogens is 2. The Kier molecular flexibility index (Phi) is 5.22. The van der Waals surface area contributed by atoms with Crippen LogP contribution < -0.4 is 5.32 Å². The van der Waals surface area contributed by atoms with Gasteiger partial charge in [0.05, 0.1) is 0 Å². The van der Waals surface area contributed by atoms with Crippen molar-refractivity contribution in [2.24, 2.45) is 0 Å². The third kappa shape index (κ3) is 4.84. The lowest BCUT2D eigenvalue weighted by Gasteiger charge is -2.05. The summed E-state index contributed by atoms with van der Waals surface area (Å²) < 4.78 is 5.03. The van der Waals surface area contributed by atoms with Crippen LogP contribution in [0.1, 0.15) is 20.4 Å². The molecule has 0 fully saturated rings. The largest absolute Gasteiger partial charge is 0.476 e. The van der Waals surface area contributed by atoms with Gasteiger partial charge in [0.15, 0.2) is 0 Å². The summed E-state index contributed by atoms with van der Waals surface area (Å²) in [5, 5.41) is 19.0. The lowest BCUT2D eigenvalue weighted by molar-refractivity contribution is 0.0695. The number of aromatic carboxylic acids is 1. The molecule has 0 radical (unpaired) electrons. The quantitative estimate of drug-likeness (QED) is 0.842. The number of carboxylic acids is 1. The summed E-state index contributed by atoms with van der Waals surface area (Å²) in [7, 11) is 0. The second-order valence-electron chi connectivity index (χ2n) is 4.04. The Morgan fingerprint density at radius 3 is 2.67 bits per heavy atom. The van der Waals surface area contributed by atoms with E-state index in [-0.39, 0.29) is 11.6 Å². The van der Waals surface area contributed by atoms with E-state index in [9.17, 15) is 9.59 Å². The molecule has 0 aliphatic carbocycles. The minimum Gasteiger partial charge on any atom is -0.476 e. The van der Waals surface area contributed by atoms with Gasteiger partial charge < -0.3 is 15.2 Å². The first-order chi connectivity index (χ1) is 10.1. The maximum atomic E-state index is 11.5. The van der Waals surface area contributed by atoms with Crippen molar-refractivity contribution in [3.63, 3.8) is 0 Å². The Morgan fingerprint density at radius 2 is 2.00 bits per heavy atom. The van der Waals surface area contributed by atoms with Crippen molar-refractivity contribution in [1.82, 2.24) is 15.5 Å². The summed E-state index contributed by atoms with van der Waals surface area (Å²) in [6.07, 6.45) is -0.118. The van der Waals surface area contributed by atoms with Crippen molar-refractivity contribution >= 4 is 23.4 Å². The van der Waals surface area contributed by atoms with E-state index in [1.165, 1.54) is 0 Å². The van der Waals surface area contributed by atoms with Crippen molar-refractivity contribution in [3.8, 4) is 0 Å². The second-order valence-corrected chi connectivity index (χ2v) is 5.11. The minimum atomic E-state index is -1.10. The number of nitrogens with one attached hydrogen (secondary N) is 1. The van der Waals surface area contributed by atoms with Crippen molar-refractivity contribution < 1.29 is 19.4 Å². The monoisotopic (exact) mass is 307 g/mol. The van der Waals surface area contributed by atoms with E-state index in [0.717, 1.165) is 16.9 Å². The molecule has 0 aliphatic heterocycles. The highest BCUT2D eigenvalue weighted by molar-refractivity contribution is 7.13. The van der Waals surface area contributed by atoms with Gasteiger partial charge in [-0.2, -0.15) is 0 Å². The molecule has 1 heterocycles. The van der Waals surface area contributed by atoms with Gasteiger partial charge in [-0.3, -0.25) is 0 Å². The van der Waals surface area contributed by atoms with Gasteiger partial charge in [-0.15, -0.1) is 10.2 Å². The Hall–Kier alpha value is -2.48. The van der Waals surface area contributed by atoms with Crippen LogP contribution in [0, 0.1) is 0 Å². The molecule has 2 N–H and O–H groups in total. The number of hydrogen-bond donors (Lipinski definition) is 2. The van der Waals surface area contributed by atoms with Gasteiger partial charge in [-0.25, -0.2) is 9.59 Å². The highest BCUT2D eigenvalue weighted by Gasteiger charge is 2.11. The van der Waals surface area contributed by atoms with Gasteiger partial charge in [-0.1, -0.05) is 41.7 Å². The van der Waals surface area contributed by atoms with E-state index >= 15 is 0 Å². The fourth-order valence-electron chi connectivity index (χ4n) is 1.49. The van der Waals surface area contributed by atoms with Gasteiger partial charge in [0.2, 0.25) is 5.01 Å². The zero-order valence-corrected chi connectivity index (χ0v) is 11.8. The number of rotatable bonds is 6. The molecular weight excluding hydrogens is 294 g/mol. The first kappa shape index (κ1) is 14.9. The van der Waals surface area contributed by atoms with Crippen molar-refractivity contribution in [2.75, 3.05) is 6.54 Å². The molecule has 21 heavy (non-hydrogen) atoms. The first-order valence-electron chi connectivity index (χ1n) is 6.15. The van der Waals surface area contributed by atoms with Crippen LogP contribution >= 0.6 is 11.3 Å². The number of carbonyl (C=O) groups is 2. The van der Waals surface area contributed by atoms with Crippen LogP contribution in [-0.2, 0) is 17.8 Å². The second kappa shape index (κ2) is 7.34. The minimum absolute atomic E-state index is 0.0587. The number of ether oxygens (including phenoxy) is 1. The summed E-state index contributed by atoms with van der Waals surface area (Å²) in [4.78, 5) is 22.1. The molecule has 0 saturated carbocycles. The fraction of sp³-hybridized carbons (Fsp3) is 0.231. The summed E-state index contributed by atoms with van der Waals surface area (Å²) in [5.41, 5.74) is 0.905. The van der Waals surface area contributed by atoms with E-state index in [4.69, 9.17) is 9.84 Å². The molecule has 1 aromatic carbocycles. The SMILES string of the molecule is O=C(NCCc1nnc(C(=O)O)s1)OCc1ccccc1. The molecule has 1 aromatic heterocycles. The van der Waals surface area contributed by atoms with E-state index in [1.54, 1.807) is 0 Å². The maximum absolute atomic E-state index is 11.5. The third-order valence-electron chi connectivity index (χ3n) is 2.47.